The molecule has 5 nitrogen and oxygen atoms in total. The highest BCUT2D eigenvalue weighted by Gasteiger charge is 2.52. The molecule has 0 bridgehead atoms. The van der Waals surface area contributed by atoms with Crippen LogP contribution in [0.4, 0.5) is 10.1 Å². The maximum absolute atomic E-state index is 14.9. The molecule has 0 N–H and O–H groups in total. The Bertz CT molecular complexity index is 1130. The molecule has 0 atom stereocenters. The first-order chi connectivity index (χ1) is 15.3. The predicted molar refractivity (Wildman–Crippen MR) is 129 cm³/mol. The first kappa shape index (κ1) is 22.7. The SMILES string of the molecule is CCc1c(B2OC(C)(C)C(C)(C)O2)cc(F)cc1N1CCn2c(cc3c2CC(C)(C)C3)C1=O. The molecule has 1 aromatic heterocycles. The molecule has 3 heterocycles. The molecule has 3 aliphatic rings. The zero-order chi connectivity index (χ0) is 23.9. The summed E-state index contributed by atoms with van der Waals surface area (Å²) in [6.07, 6.45) is 2.62. The van der Waals surface area contributed by atoms with Crippen molar-refractivity contribution in [3.8, 4) is 0 Å². The second kappa shape index (κ2) is 7.19. The average molecular weight is 452 g/mol. The van der Waals surface area contributed by atoms with Gasteiger partial charge in [-0.25, -0.2) is 4.39 Å². The summed E-state index contributed by atoms with van der Waals surface area (Å²) in [6.45, 7) is 15.8. The molecule has 5 rings (SSSR count). The van der Waals surface area contributed by atoms with E-state index in [1.165, 1.54) is 23.4 Å². The van der Waals surface area contributed by atoms with Gasteiger partial charge in [-0.05, 0) is 87.2 Å². The van der Waals surface area contributed by atoms with Gasteiger partial charge in [0.05, 0.1) is 11.2 Å². The van der Waals surface area contributed by atoms with Crippen LogP contribution in [0.1, 0.15) is 75.8 Å². The second-order valence-electron chi connectivity index (χ2n) is 11.6. The Kier molecular flexibility index (Phi) is 4.94. The standard InChI is InChI=1S/C26H34BFN2O3/c1-8-18-19(27-32-25(4,5)26(6,7)33-27)12-17(28)13-20(18)30-10-9-29-21(23(30)31)11-16-14-24(2,3)15-22(16)29/h11-13H,8-10,14-15H2,1-7H3. The van der Waals surface area contributed by atoms with Gasteiger partial charge < -0.3 is 18.8 Å². The molecule has 0 radical (unpaired) electrons. The first-order valence-electron chi connectivity index (χ1n) is 12.0. The van der Waals surface area contributed by atoms with Crippen molar-refractivity contribution in [3.05, 3.63) is 46.5 Å². The summed E-state index contributed by atoms with van der Waals surface area (Å²) < 4.78 is 29.6. The molecule has 0 saturated carbocycles. The van der Waals surface area contributed by atoms with Crippen molar-refractivity contribution in [1.82, 2.24) is 4.57 Å². The minimum absolute atomic E-state index is 0.0615. The molecule has 1 aliphatic carbocycles. The topological polar surface area (TPSA) is 43.7 Å². The van der Waals surface area contributed by atoms with Crippen LogP contribution >= 0.6 is 0 Å². The van der Waals surface area contributed by atoms with Gasteiger partial charge >= 0.3 is 7.12 Å². The fraction of sp³-hybridized carbons (Fsp3) is 0.577. The van der Waals surface area contributed by atoms with Gasteiger partial charge in [-0.3, -0.25) is 4.79 Å². The molecule has 1 fully saturated rings. The van der Waals surface area contributed by atoms with Crippen molar-refractivity contribution in [1.29, 1.82) is 0 Å². The highest BCUT2D eigenvalue weighted by Crippen LogP contribution is 2.40. The minimum Gasteiger partial charge on any atom is -0.399 e. The van der Waals surface area contributed by atoms with Gasteiger partial charge in [0, 0.05) is 24.5 Å². The summed E-state index contributed by atoms with van der Waals surface area (Å²) in [7, 11) is -0.672. The molecular formula is C26H34BFN2O3. The van der Waals surface area contributed by atoms with Crippen molar-refractivity contribution in [3.63, 3.8) is 0 Å². The van der Waals surface area contributed by atoms with Crippen molar-refractivity contribution < 1.29 is 18.5 Å². The summed E-state index contributed by atoms with van der Waals surface area (Å²) in [5.74, 6) is -0.446. The molecule has 176 valence electrons. The number of aromatic nitrogens is 1. The molecule has 2 aliphatic heterocycles. The smallest absolute Gasteiger partial charge is 0.399 e. The van der Waals surface area contributed by atoms with E-state index in [1.807, 2.05) is 34.6 Å². The van der Waals surface area contributed by atoms with Gasteiger partial charge in [0.25, 0.3) is 5.91 Å². The number of hydrogen-bond donors (Lipinski definition) is 0. The van der Waals surface area contributed by atoms with E-state index in [9.17, 15) is 9.18 Å². The first-order valence-corrected chi connectivity index (χ1v) is 12.0. The maximum atomic E-state index is 14.9. The maximum Gasteiger partial charge on any atom is 0.495 e. The van der Waals surface area contributed by atoms with Crippen molar-refractivity contribution in [2.75, 3.05) is 11.4 Å². The van der Waals surface area contributed by atoms with Crippen LogP contribution in [-0.4, -0.2) is 35.3 Å². The number of benzene rings is 1. The molecule has 1 saturated heterocycles. The van der Waals surface area contributed by atoms with Crippen molar-refractivity contribution in [2.45, 2.75) is 85.5 Å². The number of anilines is 1. The molecule has 1 aromatic carbocycles. The normalized spacial score (nSPS) is 22.6. The molecule has 0 spiro atoms. The van der Waals surface area contributed by atoms with Crippen LogP contribution in [0, 0.1) is 11.2 Å². The molecule has 7 heteroatoms. The lowest BCUT2D eigenvalue weighted by atomic mass is 9.74. The van der Waals surface area contributed by atoms with Crippen LogP contribution in [-0.2, 0) is 35.1 Å². The van der Waals surface area contributed by atoms with Gasteiger partial charge in [0.2, 0.25) is 0 Å². The number of carbonyl (C=O) groups excluding carboxylic acids is 1. The predicted octanol–water partition coefficient (Wildman–Crippen LogP) is 4.27. The second-order valence-corrected chi connectivity index (χ2v) is 11.6. The molecule has 0 unspecified atom stereocenters. The van der Waals surface area contributed by atoms with Crippen LogP contribution in [0.15, 0.2) is 18.2 Å². The summed E-state index contributed by atoms with van der Waals surface area (Å²) in [5, 5.41) is 0. The van der Waals surface area contributed by atoms with Crippen LogP contribution in [0.3, 0.4) is 0 Å². The zero-order valence-electron chi connectivity index (χ0n) is 20.8. The Morgan fingerprint density at radius 1 is 1.00 bits per heavy atom. The largest absolute Gasteiger partial charge is 0.495 e. The lowest BCUT2D eigenvalue weighted by Gasteiger charge is -2.32. The Morgan fingerprint density at radius 2 is 1.67 bits per heavy atom. The summed E-state index contributed by atoms with van der Waals surface area (Å²) in [5.41, 5.74) is 4.67. The fourth-order valence-electron chi connectivity index (χ4n) is 5.59. The Labute approximate surface area is 196 Å². The van der Waals surface area contributed by atoms with E-state index in [-0.39, 0.29) is 17.1 Å². The summed E-state index contributed by atoms with van der Waals surface area (Å²) >= 11 is 0. The highest BCUT2D eigenvalue weighted by molar-refractivity contribution is 6.62. The zero-order valence-corrected chi connectivity index (χ0v) is 20.8. The molecule has 33 heavy (non-hydrogen) atoms. The molecular weight excluding hydrogens is 418 g/mol. The average Bonchev–Trinajstić information content (AvgIpc) is 3.26. The van der Waals surface area contributed by atoms with Crippen LogP contribution < -0.4 is 10.4 Å². The highest BCUT2D eigenvalue weighted by atomic mass is 19.1. The van der Waals surface area contributed by atoms with E-state index in [2.05, 4.69) is 24.5 Å². The molecule has 1 amide bonds. The quantitative estimate of drug-likeness (QED) is 0.654. The van der Waals surface area contributed by atoms with Crippen LogP contribution in [0.5, 0.6) is 0 Å². The van der Waals surface area contributed by atoms with Gasteiger partial charge in [0.15, 0.2) is 0 Å². The lowest BCUT2D eigenvalue weighted by Crippen LogP contribution is -2.43. The number of rotatable bonds is 3. The monoisotopic (exact) mass is 452 g/mol. The number of hydrogen-bond acceptors (Lipinski definition) is 3. The minimum atomic E-state index is -0.672. The van der Waals surface area contributed by atoms with Crippen LogP contribution in [0.25, 0.3) is 0 Å². The van der Waals surface area contributed by atoms with E-state index >= 15 is 0 Å². The van der Waals surface area contributed by atoms with Gasteiger partial charge in [0.1, 0.15) is 11.5 Å². The number of halogens is 1. The van der Waals surface area contributed by atoms with Crippen molar-refractivity contribution in [2.24, 2.45) is 5.41 Å². The third-order valence-corrected chi connectivity index (χ3v) is 8.00. The Morgan fingerprint density at radius 3 is 2.30 bits per heavy atom. The number of fused-ring (bicyclic) bond motifs is 3. The Balaban J connectivity index is 1.53. The number of carbonyl (C=O) groups is 1. The van der Waals surface area contributed by atoms with E-state index in [4.69, 9.17) is 9.31 Å². The van der Waals surface area contributed by atoms with E-state index in [0.717, 1.165) is 24.9 Å². The molecule has 2 aromatic rings. The van der Waals surface area contributed by atoms with Gasteiger partial charge in [-0.2, -0.15) is 0 Å². The number of amides is 1. The third kappa shape index (κ3) is 3.47. The van der Waals surface area contributed by atoms with Gasteiger partial charge in [-0.15, -0.1) is 0 Å². The summed E-state index contributed by atoms with van der Waals surface area (Å²) in [4.78, 5) is 15.4. The number of nitrogens with zero attached hydrogens (tertiary/aromatic N) is 2. The Hall–Kier alpha value is -2.12. The lowest BCUT2D eigenvalue weighted by molar-refractivity contribution is 0.00578. The van der Waals surface area contributed by atoms with E-state index in [0.29, 0.717) is 29.8 Å². The fourth-order valence-corrected chi connectivity index (χ4v) is 5.59. The van der Waals surface area contributed by atoms with Crippen molar-refractivity contribution >= 4 is 24.2 Å². The van der Waals surface area contributed by atoms with Gasteiger partial charge in [-0.1, -0.05) is 20.8 Å². The van der Waals surface area contributed by atoms with Crippen LogP contribution in [0.2, 0.25) is 0 Å². The van der Waals surface area contributed by atoms with E-state index in [1.54, 1.807) is 4.90 Å². The third-order valence-electron chi connectivity index (χ3n) is 8.00. The summed E-state index contributed by atoms with van der Waals surface area (Å²) in [6, 6.07) is 5.04. The van der Waals surface area contributed by atoms with E-state index < -0.39 is 18.3 Å².